The number of hydrogen-bond donors (Lipinski definition) is 1. The number of nitrogens with zero attached hydrogens (tertiary/aromatic N) is 3. The maximum atomic E-state index is 5.59. The number of hydrogen-bond acceptors (Lipinski definition) is 5. The third kappa shape index (κ3) is 4.84. The first-order chi connectivity index (χ1) is 10.2. The number of rotatable bonds is 8. The Labute approximate surface area is 128 Å². The molecule has 0 radical (unpaired) electrons. The van der Waals surface area contributed by atoms with Crippen molar-refractivity contribution in [2.75, 3.05) is 31.1 Å². The van der Waals surface area contributed by atoms with Gasteiger partial charge in [-0.05, 0) is 31.7 Å². The van der Waals surface area contributed by atoms with Crippen LogP contribution in [0.25, 0.3) is 0 Å². The minimum atomic E-state index is 0.513. The zero-order chi connectivity index (χ0) is 15.1. The fraction of sp³-hybridized carbons (Fsp3) is 0.750. The van der Waals surface area contributed by atoms with Gasteiger partial charge in [-0.15, -0.1) is 0 Å². The molecule has 5 nitrogen and oxygen atoms in total. The van der Waals surface area contributed by atoms with Crippen molar-refractivity contribution in [2.24, 2.45) is 5.92 Å². The highest BCUT2D eigenvalue weighted by Gasteiger charge is 2.25. The molecule has 5 heteroatoms. The summed E-state index contributed by atoms with van der Waals surface area (Å²) in [4.78, 5) is 11.2. The van der Waals surface area contributed by atoms with Gasteiger partial charge in [0.15, 0.2) is 5.82 Å². The van der Waals surface area contributed by atoms with E-state index in [1.165, 1.54) is 12.8 Å². The van der Waals surface area contributed by atoms with E-state index >= 15 is 0 Å². The number of nitrogens with one attached hydrogen (secondary N) is 1. The van der Waals surface area contributed by atoms with Crippen molar-refractivity contribution in [3.8, 4) is 5.88 Å². The number of aromatic nitrogens is 2. The summed E-state index contributed by atoms with van der Waals surface area (Å²) in [6.07, 6.45) is 6.96. The molecule has 0 amide bonds. The second-order valence-corrected chi connectivity index (χ2v) is 6.11. The zero-order valence-corrected chi connectivity index (χ0v) is 13.5. The van der Waals surface area contributed by atoms with E-state index in [0.717, 1.165) is 31.9 Å². The highest BCUT2D eigenvalue weighted by molar-refractivity contribution is 5.40. The molecule has 0 aromatic carbocycles. The lowest BCUT2D eigenvalue weighted by atomic mass is 10.2. The van der Waals surface area contributed by atoms with Gasteiger partial charge in [-0.25, -0.2) is 0 Å². The fourth-order valence-corrected chi connectivity index (χ4v) is 2.64. The molecule has 1 fully saturated rings. The number of ether oxygens (including phenoxy) is 1. The summed E-state index contributed by atoms with van der Waals surface area (Å²) in [6, 6.07) is 0.513. The summed E-state index contributed by atoms with van der Waals surface area (Å²) < 4.78 is 5.59. The molecule has 0 saturated carbocycles. The minimum Gasteiger partial charge on any atom is -0.477 e. The largest absolute Gasteiger partial charge is 0.477 e. The van der Waals surface area contributed by atoms with Crippen LogP contribution in [0.5, 0.6) is 5.88 Å². The van der Waals surface area contributed by atoms with Gasteiger partial charge < -0.3 is 15.0 Å². The van der Waals surface area contributed by atoms with Gasteiger partial charge in [0.05, 0.1) is 19.0 Å². The van der Waals surface area contributed by atoms with E-state index in [1.807, 2.05) is 6.20 Å². The van der Waals surface area contributed by atoms with Crippen LogP contribution in [0.15, 0.2) is 12.4 Å². The van der Waals surface area contributed by atoms with E-state index in [4.69, 9.17) is 4.74 Å². The van der Waals surface area contributed by atoms with Crippen LogP contribution in [0, 0.1) is 5.92 Å². The summed E-state index contributed by atoms with van der Waals surface area (Å²) in [6.45, 7) is 10.4. The predicted octanol–water partition coefficient (Wildman–Crippen LogP) is 2.48. The zero-order valence-electron chi connectivity index (χ0n) is 13.5. The third-order valence-corrected chi connectivity index (χ3v) is 3.66. The Hall–Kier alpha value is -1.36. The Morgan fingerprint density at radius 3 is 3.05 bits per heavy atom. The summed E-state index contributed by atoms with van der Waals surface area (Å²) in [5.41, 5.74) is 0. The quantitative estimate of drug-likeness (QED) is 0.797. The molecule has 1 aliphatic heterocycles. The molecule has 2 rings (SSSR count). The van der Waals surface area contributed by atoms with Crippen molar-refractivity contribution in [3.05, 3.63) is 12.4 Å². The molecule has 118 valence electrons. The molecular formula is C16H28N4O. The van der Waals surface area contributed by atoms with Crippen molar-refractivity contribution >= 4 is 5.82 Å². The molecule has 1 N–H and O–H groups in total. The van der Waals surface area contributed by atoms with E-state index in [-0.39, 0.29) is 0 Å². The van der Waals surface area contributed by atoms with Gasteiger partial charge in [-0.3, -0.25) is 4.98 Å². The maximum Gasteiger partial charge on any atom is 0.234 e. The molecule has 0 spiro atoms. The Morgan fingerprint density at radius 2 is 2.29 bits per heavy atom. The molecule has 0 aliphatic carbocycles. The average molecular weight is 292 g/mol. The molecule has 0 bridgehead atoms. The molecule has 1 aromatic heterocycles. The van der Waals surface area contributed by atoms with Gasteiger partial charge in [0.25, 0.3) is 0 Å². The molecule has 1 atom stereocenters. The van der Waals surface area contributed by atoms with Crippen molar-refractivity contribution in [2.45, 2.75) is 46.1 Å². The van der Waals surface area contributed by atoms with Crippen molar-refractivity contribution in [3.63, 3.8) is 0 Å². The van der Waals surface area contributed by atoms with Crippen LogP contribution in [0.2, 0.25) is 0 Å². The highest BCUT2D eigenvalue weighted by atomic mass is 16.5. The van der Waals surface area contributed by atoms with Gasteiger partial charge in [-0.2, -0.15) is 4.98 Å². The van der Waals surface area contributed by atoms with Crippen molar-refractivity contribution < 1.29 is 4.74 Å². The lowest BCUT2D eigenvalue weighted by molar-refractivity contribution is 0.304. The van der Waals surface area contributed by atoms with Gasteiger partial charge in [0, 0.05) is 19.1 Å². The van der Waals surface area contributed by atoms with Crippen LogP contribution in [-0.2, 0) is 0 Å². The van der Waals surface area contributed by atoms with E-state index in [0.29, 0.717) is 24.4 Å². The van der Waals surface area contributed by atoms with E-state index in [9.17, 15) is 0 Å². The van der Waals surface area contributed by atoms with Gasteiger partial charge in [0.2, 0.25) is 5.88 Å². The highest BCUT2D eigenvalue weighted by Crippen LogP contribution is 2.24. The molecule has 21 heavy (non-hydrogen) atoms. The van der Waals surface area contributed by atoms with Gasteiger partial charge in [-0.1, -0.05) is 20.8 Å². The SMILES string of the molecule is CCCOc1cncc(N2CCCC2CNCC(C)C)n1. The maximum absolute atomic E-state index is 5.59. The van der Waals surface area contributed by atoms with Crippen LogP contribution in [-0.4, -0.2) is 42.3 Å². The summed E-state index contributed by atoms with van der Waals surface area (Å²) >= 11 is 0. The minimum absolute atomic E-state index is 0.513. The van der Waals surface area contributed by atoms with E-state index in [1.54, 1.807) is 6.20 Å². The first-order valence-electron chi connectivity index (χ1n) is 8.13. The third-order valence-electron chi connectivity index (χ3n) is 3.66. The van der Waals surface area contributed by atoms with Crippen molar-refractivity contribution in [1.82, 2.24) is 15.3 Å². The van der Waals surface area contributed by atoms with E-state index < -0.39 is 0 Å². The normalized spacial score (nSPS) is 18.5. The van der Waals surface area contributed by atoms with Gasteiger partial charge >= 0.3 is 0 Å². The van der Waals surface area contributed by atoms with Crippen molar-refractivity contribution in [1.29, 1.82) is 0 Å². The van der Waals surface area contributed by atoms with Crippen LogP contribution in [0.4, 0.5) is 5.82 Å². The molecule has 1 saturated heterocycles. The first kappa shape index (κ1) is 16.0. The van der Waals surface area contributed by atoms with Crippen LogP contribution in [0.3, 0.4) is 0 Å². The Bertz CT molecular complexity index is 424. The summed E-state index contributed by atoms with van der Waals surface area (Å²) in [7, 11) is 0. The molecule has 1 aliphatic rings. The second kappa shape index (κ2) is 8.17. The second-order valence-electron chi connectivity index (χ2n) is 6.11. The molecular weight excluding hydrogens is 264 g/mol. The van der Waals surface area contributed by atoms with E-state index in [2.05, 4.69) is 41.0 Å². The van der Waals surface area contributed by atoms with Crippen LogP contribution >= 0.6 is 0 Å². The fourth-order valence-electron chi connectivity index (χ4n) is 2.64. The summed E-state index contributed by atoms with van der Waals surface area (Å²) in [5, 5.41) is 3.55. The molecule has 1 aromatic rings. The standard InChI is InChI=1S/C16H28N4O/c1-4-8-21-16-12-18-11-15(19-16)20-7-5-6-14(20)10-17-9-13(2)3/h11-14,17H,4-10H2,1-3H3. The monoisotopic (exact) mass is 292 g/mol. The number of anilines is 1. The Kier molecular flexibility index (Phi) is 6.23. The predicted molar refractivity (Wildman–Crippen MR) is 85.9 cm³/mol. The first-order valence-corrected chi connectivity index (χ1v) is 8.13. The van der Waals surface area contributed by atoms with Gasteiger partial charge in [0.1, 0.15) is 0 Å². The van der Waals surface area contributed by atoms with Crippen LogP contribution < -0.4 is 15.0 Å². The smallest absolute Gasteiger partial charge is 0.234 e. The Balaban J connectivity index is 1.95. The average Bonchev–Trinajstić information content (AvgIpc) is 2.93. The topological polar surface area (TPSA) is 50.3 Å². The summed E-state index contributed by atoms with van der Waals surface area (Å²) in [5.74, 6) is 2.26. The molecule has 2 heterocycles. The lowest BCUT2D eigenvalue weighted by Gasteiger charge is -2.26. The van der Waals surface area contributed by atoms with Crippen LogP contribution in [0.1, 0.15) is 40.0 Å². The lowest BCUT2D eigenvalue weighted by Crippen LogP contribution is -2.39. The Morgan fingerprint density at radius 1 is 1.43 bits per heavy atom. The molecule has 1 unspecified atom stereocenters.